The van der Waals surface area contributed by atoms with Crippen LogP contribution in [0.3, 0.4) is 0 Å². The molecule has 0 bridgehead atoms. The summed E-state index contributed by atoms with van der Waals surface area (Å²) in [5.41, 5.74) is 0.179. The van der Waals surface area contributed by atoms with Crippen LogP contribution in [0.25, 0.3) is 0 Å². The van der Waals surface area contributed by atoms with E-state index in [2.05, 4.69) is 25.6 Å². The van der Waals surface area contributed by atoms with Crippen molar-refractivity contribution < 1.29 is 14.3 Å². The second-order valence-electron chi connectivity index (χ2n) is 7.86. The van der Waals surface area contributed by atoms with Gasteiger partial charge in [-0.25, -0.2) is 14.8 Å². The van der Waals surface area contributed by atoms with Crippen LogP contribution in [-0.4, -0.2) is 57.8 Å². The van der Waals surface area contributed by atoms with E-state index in [-0.39, 0.29) is 12.1 Å². The molecule has 3 heterocycles. The average Bonchev–Trinajstić information content (AvgIpc) is 2.68. The molecule has 0 radical (unpaired) electrons. The van der Waals surface area contributed by atoms with Crippen LogP contribution in [0, 0.1) is 0 Å². The zero-order valence-corrected chi connectivity index (χ0v) is 17.3. The standard InChI is InChI=1S/C20H28N6O3/c1-20(2,3)29-19(27)26-12-6-7-14(13-26)23-16-9-11-22-18(25-16)24-15-8-5-10-21-17(15)28-4/h5,8-11,14H,6-7,12-13H2,1-4H3,(H2,22,23,24,25). The summed E-state index contributed by atoms with van der Waals surface area (Å²) in [6, 6.07) is 5.54. The number of likely N-dealkylation sites (tertiary alicyclic amines) is 1. The van der Waals surface area contributed by atoms with E-state index >= 15 is 0 Å². The number of hydrogen-bond acceptors (Lipinski definition) is 8. The van der Waals surface area contributed by atoms with Crippen LogP contribution in [0.4, 0.5) is 22.2 Å². The largest absolute Gasteiger partial charge is 0.480 e. The molecule has 9 nitrogen and oxygen atoms in total. The van der Waals surface area contributed by atoms with Crippen molar-refractivity contribution in [3.05, 3.63) is 30.6 Å². The minimum atomic E-state index is -0.502. The Hall–Kier alpha value is -3.10. The Labute approximate surface area is 170 Å². The predicted molar refractivity (Wildman–Crippen MR) is 111 cm³/mol. The van der Waals surface area contributed by atoms with Crippen molar-refractivity contribution in [3.63, 3.8) is 0 Å². The number of anilines is 3. The van der Waals surface area contributed by atoms with Gasteiger partial charge >= 0.3 is 6.09 Å². The molecule has 1 unspecified atom stereocenters. The fourth-order valence-corrected chi connectivity index (χ4v) is 3.06. The van der Waals surface area contributed by atoms with Crippen LogP contribution in [0.5, 0.6) is 5.88 Å². The Bertz CT molecular complexity index is 839. The molecule has 1 aliphatic rings. The van der Waals surface area contributed by atoms with Crippen molar-refractivity contribution >= 4 is 23.5 Å². The van der Waals surface area contributed by atoms with Gasteiger partial charge in [-0.2, -0.15) is 4.98 Å². The number of hydrogen-bond donors (Lipinski definition) is 2. The SMILES string of the molecule is COc1ncccc1Nc1nccc(NC2CCCN(C(=O)OC(C)(C)C)C2)n1. The first kappa shape index (κ1) is 20.6. The molecule has 0 spiro atoms. The second kappa shape index (κ2) is 8.93. The number of carbonyl (C=O) groups is 1. The Balaban J connectivity index is 1.63. The molecule has 1 saturated heterocycles. The van der Waals surface area contributed by atoms with Gasteiger partial charge in [-0.05, 0) is 51.8 Å². The quantitative estimate of drug-likeness (QED) is 0.787. The zero-order valence-electron chi connectivity index (χ0n) is 17.3. The first-order valence-corrected chi connectivity index (χ1v) is 9.67. The first-order valence-electron chi connectivity index (χ1n) is 9.67. The number of nitrogens with zero attached hydrogens (tertiary/aromatic N) is 4. The summed E-state index contributed by atoms with van der Waals surface area (Å²) in [5, 5.41) is 6.52. The van der Waals surface area contributed by atoms with Crippen molar-refractivity contribution in [2.75, 3.05) is 30.8 Å². The highest BCUT2D eigenvalue weighted by Crippen LogP contribution is 2.24. The molecule has 156 valence electrons. The number of rotatable bonds is 5. The molecule has 2 aromatic rings. The topological polar surface area (TPSA) is 102 Å². The smallest absolute Gasteiger partial charge is 0.410 e. The van der Waals surface area contributed by atoms with Crippen LogP contribution in [-0.2, 0) is 4.74 Å². The van der Waals surface area contributed by atoms with Gasteiger partial charge in [0.15, 0.2) is 0 Å². The van der Waals surface area contributed by atoms with Gasteiger partial charge in [0.05, 0.1) is 7.11 Å². The van der Waals surface area contributed by atoms with Gasteiger partial charge in [-0.1, -0.05) is 0 Å². The van der Waals surface area contributed by atoms with Crippen molar-refractivity contribution in [1.29, 1.82) is 0 Å². The highest BCUT2D eigenvalue weighted by atomic mass is 16.6. The lowest BCUT2D eigenvalue weighted by atomic mass is 10.1. The number of methoxy groups -OCH3 is 1. The Morgan fingerprint density at radius 2 is 2.07 bits per heavy atom. The summed E-state index contributed by atoms with van der Waals surface area (Å²) in [5.74, 6) is 1.58. The van der Waals surface area contributed by atoms with Crippen LogP contribution < -0.4 is 15.4 Å². The second-order valence-corrected chi connectivity index (χ2v) is 7.86. The van der Waals surface area contributed by atoms with E-state index in [1.54, 1.807) is 36.5 Å². The third-order valence-corrected chi connectivity index (χ3v) is 4.29. The summed E-state index contributed by atoms with van der Waals surface area (Å²) in [4.78, 5) is 27.0. The van der Waals surface area contributed by atoms with Gasteiger partial charge < -0.3 is 25.0 Å². The molecule has 1 fully saturated rings. The highest BCUT2D eigenvalue weighted by Gasteiger charge is 2.27. The monoisotopic (exact) mass is 400 g/mol. The van der Waals surface area contributed by atoms with E-state index in [1.807, 2.05) is 26.8 Å². The molecule has 0 aliphatic carbocycles. The zero-order chi connectivity index (χ0) is 20.9. The molecule has 3 rings (SSSR count). The van der Waals surface area contributed by atoms with Crippen molar-refractivity contribution in [3.8, 4) is 5.88 Å². The molecular weight excluding hydrogens is 372 g/mol. The molecule has 0 saturated carbocycles. The van der Waals surface area contributed by atoms with E-state index in [4.69, 9.17) is 9.47 Å². The third-order valence-electron chi connectivity index (χ3n) is 4.29. The van der Waals surface area contributed by atoms with Gasteiger partial charge in [-0.15, -0.1) is 0 Å². The van der Waals surface area contributed by atoms with Crippen molar-refractivity contribution in [2.24, 2.45) is 0 Å². The Morgan fingerprint density at radius 1 is 1.24 bits per heavy atom. The van der Waals surface area contributed by atoms with Crippen LogP contribution in [0.1, 0.15) is 33.6 Å². The van der Waals surface area contributed by atoms with Gasteiger partial charge in [0.25, 0.3) is 0 Å². The lowest BCUT2D eigenvalue weighted by Crippen LogP contribution is -2.47. The Kier molecular flexibility index (Phi) is 6.36. The molecule has 1 atom stereocenters. The lowest BCUT2D eigenvalue weighted by Gasteiger charge is -2.34. The van der Waals surface area contributed by atoms with Gasteiger partial charge in [0.2, 0.25) is 11.8 Å². The summed E-state index contributed by atoms with van der Waals surface area (Å²) < 4.78 is 10.7. The van der Waals surface area contributed by atoms with Gasteiger partial charge in [0.1, 0.15) is 17.1 Å². The lowest BCUT2D eigenvalue weighted by molar-refractivity contribution is 0.0206. The minimum Gasteiger partial charge on any atom is -0.480 e. The minimum absolute atomic E-state index is 0.0898. The van der Waals surface area contributed by atoms with Crippen LogP contribution >= 0.6 is 0 Å². The van der Waals surface area contributed by atoms with Crippen LogP contribution in [0.15, 0.2) is 30.6 Å². The van der Waals surface area contributed by atoms with E-state index in [9.17, 15) is 4.79 Å². The summed E-state index contributed by atoms with van der Waals surface area (Å²) in [7, 11) is 1.56. The molecule has 2 aromatic heterocycles. The number of piperidine rings is 1. The molecule has 2 N–H and O–H groups in total. The third kappa shape index (κ3) is 5.94. The predicted octanol–water partition coefficient (Wildman–Crippen LogP) is 3.44. The van der Waals surface area contributed by atoms with E-state index in [0.29, 0.717) is 36.4 Å². The number of carbonyl (C=O) groups excluding carboxylic acids is 1. The highest BCUT2D eigenvalue weighted by molar-refractivity contribution is 5.68. The molecule has 1 amide bonds. The first-order chi connectivity index (χ1) is 13.8. The van der Waals surface area contributed by atoms with Crippen molar-refractivity contribution in [2.45, 2.75) is 45.3 Å². The maximum atomic E-state index is 12.4. The molecule has 0 aromatic carbocycles. The van der Waals surface area contributed by atoms with Crippen LogP contribution in [0.2, 0.25) is 0 Å². The normalized spacial score (nSPS) is 16.8. The van der Waals surface area contributed by atoms with E-state index < -0.39 is 5.60 Å². The fraction of sp³-hybridized carbons (Fsp3) is 0.500. The fourth-order valence-electron chi connectivity index (χ4n) is 3.06. The van der Waals surface area contributed by atoms with E-state index in [0.717, 1.165) is 12.8 Å². The Morgan fingerprint density at radius 3 is 2.83 bits per heavy atom. The number of pyridine rings is 1. The van der Waals surface area contributed by atoms with Gasteiger partial charge in [-0.3, -0.25) is 0 Å². The molecule has 29 heavy (non-hydrogen) atoms. The summed E-state index contributed by atoms with van der Waals surface area (Å²) >= 11 is 0. The van der Waals surface area contributed by atoms with Gasteiger partial charge in [0, 0.05) is 31.5 Å². The summed E-state index contributed by atoms with van der Waals surface area (Å²) in [6.07, 6.45) is 4.90. The molecule has 1 aliphatic heterocycles. The number of nitrogens with one attached hydrogen (secondary N) is 2. The van der Waals surface area contributed by atoms with Crippen molar-refractivity contribution in [1.82, 2.24) is 19.9 Å². The maximum Gasteiger partial charge on any atom is 0.410 e. The molecule has 9 heteroatoms. The number of ether oxygens (including phenoxy) is 2. The average molecular weight is 400 g/mol. The van der Waals surface area contributed by atoms with E-state index in [1.165, 1.54) is 0 Å². The number of amides is 1. The summed E-state index contributed by atoms with van der Waals surface area (Å²) in [6.45, 7) is 6.88. The maximum absolute atomic E-state index is 12.4. The number of aromatic nitrogens is 3. The molecular formula is C20H28N6O3.